The monoisotopic (exact) mass is 202 g/mol. The van der Waals surface area contributed by atoms with Gasteiger partial charge in [0.05, 0.1) is 12.2 Å². The van der Waals surface area contributed by atoms with E-state index in [9.17, 15) is 4.79 Å². The summed E-state index contributed by atoms with van der Waals surface area (Å²) in [5.41, 5.74) is 1.18. The highest BCUT2D eigenvalue weighted by atomic mass is 16.5. The molecule has 0 atom stereocenters. The summed E-state index contributed by atoms with van der Waals surface area (Å²) >= 11 is 0. The Morgan fingerprint density at radius 2 is 2.00 bits per heavy atom. The van der Waals surface area contributed by atoms with Gasteiger partial charge in [-0.05, 0) is 12.0 Å². The highest BCUT2D eigenvalue weighted by Gasteiger charge is 2.09. The van der Waals surface area contributed by atoms with E-state index in [4.69, 9.17) is 4.74 Å². The molecule has 0 fully saturated rings. The average molecular weight is 202 g/mol. The minimum atomic E-state index is -0.372. The summed E-state index contributed by atoms with van der Waals surface area (Å²) in [6.45, 7) is 7.61. The second-order valence-corrected chi connectivity index (χ2v) is 3.06. The molecule has 0 saturated carbocycles. The molecule has 1 aromatic carbocycles. The van der Waals surface area contributed by atoms with Crippen molar-refractivity contribution in [1.29, 1.82) is 0 Å². The maximum Gasteiger partial charge on any atom is 0.338 e. The fourth-order valence-corrected chi connectivity index (χ4v) is 1.08. The van der Waals surface area contributed by atoms with E-state index >= 15 is 0 Å². The van der Waals surface area contributed by atoms with Crippen molar-refractivity contribution in [2.45, 2.75) is 6.42 Å². The SMILES string of the molecule is C=CCCOC(=O)C(=C)c1ccccc1. The molecular formula is C13H14O2. The molecule has 0 N–H and O–H groups in total. The van der Waals surface area contributed by atoms with Crippen molar-refractivity contribution >= 4 is 11.5 Å². The predicted octanol–water partition coefficient (Wildman–Crippen LogP) is 2.82. The molecule has 0 aromatic heterocycles. The Balaban J connectivity index is 2.54. The second kappa shape index (κ2) is 5.81. The van der Waals surface area contributed by atoms with Crippen molar-refractivity contribution in [2.24, 2.45) is 0 Å². The molecule has 0 aliphatic rings. The van der Waals surface area contributed by atoms with Crippen molar-refractivity contribution in [3.05, 3.63) is 55.1 Å². The van der Waals surface area contributed by atoms with E-state index in [-0.39, 0.29) is 5.97 Å². The highest BCUT2D eigenvalue weighted by molar-refractivity contribution is 6.15. The van der Waals surface area contributed by atoms with E-state index in [1.54, 1.807) is 6.08 Å². The van der Waals surface area contributed by atoms with Gasteiger partial charge in [-0.2, -0.15) is 0 Å². The zero-order valence-corrected chi connectivity index (χ0v) is 8.61. The fourth-order valence-electron chi connectivity index (χ4n) is 1.08. The number of hydrogen-bond acceptors (Lipinski definition) is 2. The van der Waals surface area contributed by atoms with Crippen LogP contribution in [0, 0.1) is 0 Å². The third kappa shape index (κ3) is 3.43. The molecule has 0 unspecified atom stereocenters. The lowest BCUT2D eigenvalue weighted by Crippen LogP contribution is -2.06. The molecule has 1 rings (SSSR count). The number of hydrogen-bond donors (Lipinski definition) is 0. The molecule has 0 bridgehead atoms. The molecule has 2 heteroatoms. The molecule has 0 aliphatic carbocycles. The van der Waals surface area contributed by atoms with Crippen molar-refractivity contribution < 1.29 is 9.53 Å². The van der Waals surface area contributed by atoms with Gasteiger partial charge in [0.25, 0.3) is 0 Å². The lowest BCUT2D eigenvalue weighted by molar-refractivity contribution is -0.136. The van der Waals surface area contributed by atoms with Crippen molar-refractivity contribution in [2.75, 3.05) is 6.61 Å². The van der Waals surface area contributed by atoms with Crippen LogP contribution in [0.1, 0.15) is 12.0 Å². The Hall–Kier alpha value is -1.83. The Labute approximate surface area is 89.9 Å². The largest absolute Gasteiger partial charge is 0.462 e. The molecule has 0 aliphatic heterocycles. The van der Waals surface area contributed by atoms with E-state index < -0.39 is 0 Å². The van der Waals surface area contributed by atoms with Crippen LogP contribution >= 0.6 is 0 Å². The van der Waals surface area contributed by atoms with Gasteiger partial charge in [-0.3, -0.25) is 0 Å². The van der Waals surface area contributed by atoms with Gasteiger partial charge in [0, 0.05) is 0 Å². The van der Waals surface area contributed by atoms with Gasteiger partial charge in [-0.15, -0.1) is 6.58 Å². The molecule has 0 saturated heterocycles. The van der Waals surface area contributed by atoms with Crippen LogP contribution in [-0.4, -0.2) is 12.6 Å². The summed E-state index contributed by atoms with van der Waals surface area (Å²) in [5, 5.41) is 0. The first-order valence-electron chi connectivity index (χ1n) is 4.78. The smallest absolute Gasteiger partial charge is 0.338 e. The van der Waals surface area contributed by atoms with Crippen LogP contribution < -0.4 is 0 Å². The summed E-state index contributed by atoms with van der Waals surface area (Å²) in [6, 6.07) is 9.27. The Morgan fingerprint density at radius 3 is 2.60 bits per heavy atom. The summed E-state index contributed by atoms with van der Waals surface area (Å²) in [7, 11) is 0. The maximum atomic E-state index is 11.5. The standard InChI is InChI=1S/C13H14O2/c1-3-4-10-15-13(14)11(2)12-8-6-5-7-9-12/h3,5-9H,1-2,4,10H2. The van der Waals surface area contributed by atoms with Crippen LogP contribution in [0.25, 0.3) is 5.57 Å². The van der Waals surface area contributed by atoms with E-state index in [1.165, 1.54) is 0 Å². The lowest BCUT2D eigenvalue weighted by atomic mass is 10.1. The summed E-state index contributed by atoms with van der Waals surface area (Å²) in [6.07, 6.45) is 2.37. The molecule has 0 amide bonds. The molecule has 0 spiro atoms. The van der Waals surface area contributed by atoms with Crippen molar-refractivity contribution in [1.82, 2.24) is 0 Å². The normalized spacial score (nSPS) is 9.33. The van der Waals surface area contributed by atoms with Crippen LogP contribution in [0.4, 0.5) is 0 Å². The minimum absolute atomic E-state index is 0.355. The molecule has 1 aromatic rings. The molecule has 78 valence electrons. The van der Waals surface area contributed by atoms with E-state index in [1.807, 2.05) is 30.3 Å². The van der Waals surface area contributed by atoms with Crippen LogP contribution in [0.2, 0.25) is 0 Å². The van der Waals surface area contributed by atoms with Gasteiger partial charge < -0.3 is 4.74 Å². The molecule has 15 heavy (non-hydrogen) atoms. The first kappa shape index (κ1) is 11.2. The summed E-state index contributed by atoms with van der Waals surface area (Å²) < 4.78 is 4.99. The molecular weight excluding hydrogens is 188 g/mol. The molecule has 0 radical (unpaired) electrons. The van der Waals surface area contributed by atoms with Crippen LogP contribution in [0.5, 0.6) is 0 Å². The highest BCUT2D eigenvalue weighted by Crippen LogP contribution is 2.13. The van der Waals surface area contributed by atoms with E-state index in [2.05, 4.69) is 13.2 Å². The van der Waals surface area contributed by atoms with Gasteiger partial charge in [0.1, 0.15) is 0 Å². The number of benzene rings is 1. The lowest BCUT2D eigenvalue weighted by Gasteiger charge is -2.05. The van der Waals surface area contributed by atoms with Gasteiger partial charge in [-0.25, -0.2) is 4.79 Å². The van der Waals surface area contributed by atoms with Gasteiger partial charge in [0.2, 0.25) is 0 Å². The van der Waals surface area contributed by atoms with Crippen LogP contribution in [0.15, 0.2) is 49.6 Å². The third-order valence-corrected chi connectivity index (χ3v) is 1.92. The van der Waals surface area contributed by atoms with Crippen LogP contribution in [0.3, 0.4) is 0 Å². The topological polar surface area (TPSA) is 26.3 Å². The Morgan fingerprint density at radius 1 is 1.33 bits per heavy atom. The first-order chi connectivity index (χ1) is 7.25. The van der Waals surface area contributed by atoms with Crippen molar-refractivity contribution in [3.63, 3.8) is 0 Å². The van der Waals surface area contributed by atoms with Gasteiger partial charge in [-0.1, -0.05) is 43.0 Å². The average Bonchev–Trinajstić information content (AvgIpc) is 2.29. The zero-order valence-electron chi connectivity index (χ0n) is 8.61. The molecule has 0 heterocycles. The van der Waals surface area contributed by atoms with Gasteiger partial charge in [0.15, 0.2) is 0 Å². The van der Waals surface area contributed by atoms with E-state index in [0.29, 0.717) is 18.6 Å². The maximum absolute atomic E-state index is 11.5. The number of ether oxygens (including phenoxy) is 1. The summed E-state index contributed by atoms with van der Waals surface area (Å²) in [5.74, 6) is -0.372. The Kier molecular flexibility index (Phi) is 4.35. The number of esters is 1. The number of rotatable bonds is 5. The minimum Gasteiger partial charge on any atom is -0.462 e. The Bertz CT molecular complexity index is 352. The quantitative estimate of drug-likeness (QED) is 0.317. The van der Waals surface area contributed by atoms with Crippen LogP contribution in [-0.2, 0) is 9.53 Å². The fraction of sp³-hybridized carbons (Fsp3) is 0.154. The van der Waals surface area contributed by atoms with Crippen molar-refractivity contribution in [3.8, 4) is 0 Å². The zero-order chi connectivity index (χ0) is 11.1. The number of carbonyl (C=O) groups excluding carboxylic acids is 1. The second-order valence-electron chi connectivity index (χ2n) is 3.06. The summed E-state index contributed by atoms with van der Waals surface area (Å²) in [4.78, 5) is 11.5. The number of carbonyl (C=O) groups is 1. The van der Waals surface area contributed by atoms with E-state index in [0.717, 1.165) is 5.56 Å². The predicted molar refractivity (Wildman–Crippen MR) is 61.2 cm³/mol. The third-order valence-electron chi connectivity index (χ3n) is 1.92. The molecule has 2 nitrogen and oxygen atoms in total. The van der Waals surface area contributed by atoms with Gasteiger partial charge >= 0.3 is 5.97 Å². The first-order valence-corrected chi connectivity index (χ1v) is 4.78.